The Labute approximate surface area is 142 Å². The van der Waals surface area contributed by atoms with Crippen molar-refractivity contribution in [3.05, 3.63) is 35.6 Å². The summed E-state index contributed by atoms with van der Waals surface area (Å²) in [7, 11) is 0. The van der Waals surface area contributed by atoms with Gasteiger partial charge in [0.25, 0.3) is 0 Å². The molecule has 132 valence electrons. The minimum absolute atomic E-state index is 0.0471. The van der Waals surface area contributed by atoms with E-state index in [1.807, 2.05) is 0 Å². The summed E-state index contributed by atoms with van der Waals surface area (Å²) in [5.41, 5.74) is 0.886. The van der Waals surface area contributed by atoms with Gasteiger partial charge in [0.2, 0.25) is 5.91 Å². The number of benzene rings is 1. The lowest BCUT2D eigenvalue weighted by Crippen LogP contribution is -2.49. The lowest BCUT2D eigenvalue weighted by atomic mass is 10.0. The maximum absolute atomic E-state index is 13.1. The molecule has 1 aromatic carbocycles. The summed E-state index contributed by atoms with van der Waals surface area (Å²) in [6.07, 6.45) is 0.00185. The van der Waals surface area contributed by atoms with E-state index in [9.17, 15) is 14.3 Å². The number of likely N-dealkylation sites (N-methyl/N-ethyl adjacent to an activating group) is 1. The zero-order chi connectivity index (χ0) is 17.1. The molecule has 5 nitrogen and oxygen atoms in total. The molecule has 0 aliphatic carbocycles. The summed E-state index contributed by atoms with van der Waals surface area (Å²) in [6, 6.07) is 6.07. The van der Waals surface area contributed by atoms with Crippen LogP contribution in [0, 0.1) is 5.82 Å². The van der Waals surface area contributed by atoms with Gasteiger partial charge in [0.1, 0.15) is 5.82 Å². The molecule has 0 aromatic heterocycles. The predicted octanol–water partition coefficient (Wildman–Crippen LogP) is 1.10. The summed E-state index contributed by atoms with van der Waals surface area (Å²) in [5.74, 6) is -0.241. The first-order valence-corrected chi connectivity index (χ1v) is 8.74. The molecule has 2 fully saturated rings. The van der Waals surface area contributed by atoms with Gasteiger partial charge in [-0.15, -0.1) is 0 Å². The predicted molar refractivity (Wildman–Crippen MR) is 90.0 cm³/mol. The fourth-order valence-corrected chi connectivity index (χ4v) is 3.64. The molecule has 2 aliphatic heterocycles. The molecule has 1 amide bonds. The molecule has 1 N–H and O–H groups in total. The van der Waals surface area contributed by atoms with Crippen molar-refractivity contribution in [3.8, 4) is 0 Å². The first kappa shape index (κ1) is 17.3. The Hall–Kier alpha value is -1.50. The van der Waals surface area contributed by atoms with Gasteiger partial charge < -0.3 is 14.9 Å². The Morgan fingerprint density at radius 1 is 1.17 bits per heavy atom. The number of halogens is 1. The van der Waals surface area contributed by atoms with Gasteiger partial charge >= 0.3 is 0 Å². The summed E-state index contributed by atoms with van der Waals surface area (Å²) in [6.45, 7) is 7.74. The number of hydrogen-bond donors (Lipinski definition) is 1. The number of β-amino-alcohol motifs (C(OH)–C–C–N with tert-alkyl or cyclic N) is 1. The fraction of sp³-hybridized carbons (Fsp3) is 0.611. The van der Waals surface area contributed by atoms with Crippen molar-refractivity contribution in [2.45, 2.75) is 25.5 Å². The van der Waals surface area contributed by atoms with E-state index in [2.05, 4.69) is 16.7 Å². The standard InChI is InChI=1S/C18H26FN3O2/c1-2-20-7-9-21(10-8-20)13-18(24)22-12-16(23)11-17(22)14-3-5-15(19)6-4-14/h3-6,16-17,23H,2,7-13H2,1H3. The van der Waals surface area contributed by atoms with Gasteiger partial charge in [0, 0.05) is 32.7 Å². The van der Waals surface area contributed by atoms with Crippen LogP contribution in [0.1, 0.15) is 24.9 Å². The molecule has 1 aromatic rings. The van der Waals surface area contributed by atoms with Gasteiger partial charge in [0.05, 0.1) is 18.7 Å². The highest BCUT2D eigenvalue weighted by Crippen LogP contribution is 2.32. The number of aliphatic hydroxyl groups is 1. The van der Waals surface area contributed by atoms with Crippen molar-refractivity contribution in [1.82, 2.24) is 14.7 Å². The van der Waals surface area contributed by atoms with Crippen molar-refractivity contribution < 1.29 is 14.3 Å². The van der Waals surface area contributed by atoms with E-state index in [0.717, 1.165) is 38.3 Å². The van der Waals surface area contributed by atoms with Crippen LogP contribution in [0.5, 0.6) is 0 Å². The second-order valence-corrected chi connectivity index (χ2v) is 6.71. The molecule has 2 heterocycles. The summed E-state index contributed by atoms with van der Waals surface area (Å²) < 4.78 is 13.1. The van der Waals surface area contributed by atoms with Gasteiger partial charge in [0.15, 0.2) is 0 Å². The van der Waals surface area contributed by atoms with Crippen molar-refractivity contribution in [1.29, 1.82) is 0 Å². The molecule has 0 spiro atoms. The Morgan fingerprint density at radius 3 is 2.42 bits per heavy atom. The number of rotatable bonds is 4. The molecule has 6 heteroatoms. The van der Waals surface area contributed by atoms with E-state index < -0.39 is 6.10 Å². The highest BCUT2D eigenvalue weighted by Gasteiger charge is 2.35. The number of piperazine rings is 1. The maximum atomic E-state index is 13.1. The van der Waals surface area contributed by atoms with Crippen LogP contribution in [0.3, 0.4) is 0 Å². The average molecular weight is 335 g/mol. The number of aliphatic hydroxyl groups excluding tert-OH is 1. The normalized spacial score (nSPS) is 26.0. The zero-order valence-corrected chi connectivity index (χ0v) is 14.2. The number of carbonyl (C=O) groups is 1. The van der Waals surface area contributed by atoms with Crippen molar-refractivity contribution >= 4 is 5.91 Å². The topological polar surface area (TPSA) is 47.0 Å². The first-order chi connectivity index (χ1) is 11.6. The molecule has 3 rings (SSSR count). The van der Waals surface area contributed by atoms with Gasteiger partial charge in [-0.1, -0.05) is 19.1 Å². The molecular weight excluding hydrogens is 309 g/mol. The van der Waals surface area contributed by atoms with Crippen LogP contribution >= 0.6 is 0 Å². The van der Waals surface area contributed by atoms with E-state index in [0.29, 0.717) is 19.5 Å². The fourth-order valence-electron chi connectivity index (χ4n) is 3.64. The van der Waals surface area contributed by atoms with Crippen molar-refractivity contribution in [2.24, 2.45) is 0 Å². The summed E-state index contributed by atoms with van der Waals surface area (Å²) >= 11 is 0. The van der Waals surface area contributed by atoms with Gasteiger partial charge in [-0.3, -0.25) is 9.69 Å². The number of amides is 1. The zero-order valence-electron chi connectivity index (χ0n) is 14.2. The van der Waals surface area contributed by atoms with E-state index in [-0.39, 0.29) is 17.8 Å². The highest BCUT2D eigenvalue weighted by atomic mass is 19.1. The molecule has 24 heavy (non-hydrogen) atoms. The minimum atomic E-state index is -0.513. The third kappa shape index (κ3) is 3.94. The summed E-state index contributed by atoms with van der Waals surface area (Å²) in [4.78, 5) is 19.1. The van der Waals surface area contributed by atoms with Crippen LogP contribution in [-0.4, -0.2) is 77.6 Å². The Morgan fingerprint density at radius 2 is 1.79 bits per heavy atom. The lowest BCUT2D eigenvalue weighted by Gasteiger charge is -2.35. The Balaban J connectivity index is 1.63. The molecule has 2 aliphatic rings. The molecule has 2 atom stereocenters. The van der Waals surface area contributed by atoms with Crippen LogP contribution in [0.15, 0.2) is 24.3 Å². The van der Waals surface area contributed by atoms with E-state index in [1.165, 1.54) is 12.1 Å². The highest BCUT2D eigenvalue weighted by molar-refractivity contribution is 5.79. The Bertz CT molecular complexity index is 558. The van der Waals surface area contributed by atoms with Crippen LogP contribution in [0.25, 0.3) is 0 Å². The van der Waals surface area contributed by atoms with Crippen LogP contribution in [-0.2, 0) is 4.79 Å². The van der Waals surface area contributed by atoms with Crippen molar-refractivity contribution in [2.75, 3.05) is 45.8 Å². The number of nitrogens with zero attached hydrogens (tertiary/aromatic N) is 3. The monoisotopic (exact) mass is 335 g/mol. The number of hydrogen-bond acceptors (Lipinski definition) is 4. The van der Waals surface area contributed by atoms with E-state index in [4.69, 9.17) is 0 Å². The second-order valence-electron chi connectivity index (χ2n) is 6.71. The average Bonchev–Trinajstić information content (AvgIpc) is 2.98. The van der Waals surface area contributed by atoms with Crippen LogP contribution in [0.2, 0.25) is 0 Å². The largest absolute Gasteiger partial charge is 0.391 e. The molecular formula is C18H26FN3O2. The van der Waals surface area contributed by atoms with Gasteiger partial charge in [-0.25, -0.2) is 4.39 Å². The first-order valence-electron chi connectivity index (χ1n) is 8.74. The minimum Gasteiger partial charge on any atom is -0.391 e. The second kappa shape index (κ2) is 7.59. The van der Waals surface area contributed by atoms with Gasteiger partial charge in [-0.2, -0.15) is 0 Å². The third-order valence-electron chi connectivity index (χ3n) is 5.13. The Kier molecular flexibility index (Phi) is 5.48. The molecule has 0 radical (unpaired) electrons. The molecule has 0 saturated carbocycles. The smallest absolute Gasteiger partial charge is 0.237 e. The molecule has 0 bridgehead atoms. The van der Waals surface area contributed by atoms with Crippen LogP contribution < -0.4 is 0 Å². The molecule has 2 unspecified atom stereocenters. The maximum Gasteiger partial charge on any atom is 0.237 e. The molecule has 2 saturated heterocycles. The lowest BCUT2D eigenvalue weighted by molar-refractivity contribution is -0.134. The van der Waals surface area contributed by atoms with Crippen LogP contribution in [0.4, 0.5) is 4.39 Å². The van der Waals surface area contributed by atoms with Crippen molar-refractivity contribution in [3.63, 3.8) is 0 Å². The number of likely N-dealkylation sites (tertiary alicyclic amines) is 1. The van der Waals surface area contributed by atoms with E-state index in [1.54, 1.807) is 17.0 Å². The van der Waals surface area contributed by atoms with Gasteiger partial charge in [-0.05, 0) is 30.7 Å². The SMILES string of the molecule is CCN1CCN(CC(=O)N2CC(O)CC2c2ccc(F)cc2)CC1. The van der Waals surface area contributed by atoms with E-state index >= 15 is 0 Å². The quantitative estimate of drug-likeness (QED) is 0.895. The summed E-state index contributed by atoms with van der Waals surface area (Å²) in [5, 5.41) is 10.0. The number of carbonyl (C=O) groups excluding carboxylic acids is 1. The third-order valence-corrected chi connectivity index (χ3v) is 5.13.